The van der Waals surface area contributed by atoms with Gasteiger partial charge in [-0.1, -0.05) is 19.9 Å². The molecular weight excluding hydrogens is 462 g/mol. The number of ether oxygens (including phenoxy) is 6. The Labute approximate surface area is 205 Å². The summed E-state index contributed by atoms with van der Waals surface area (Å²) in [6.45, 7) is 8.91. The number of rotatable bonds is 13. The lowest BCUT2D eigenvalue weighted by atomic mass is 10.1. The van der Waals surface area contributed by atoms with Gasteiger partial charge in [0.2, 0.25) is 0 Å². The van der Waals surface area contributed by atoms with Crippen LogP contribution >= 0.6 is 0 Å². The summed E-state index contributed by atoms with van der Waals surface area (Å²) >= 11 is 0. The van der Waals surface area contributed by atoms with E-state index in [9.17, 15) is 19.2 Å². The molecule has 0 radical (unpaired) electrons. The maximum absolute atomic E-state index is 12.4. The van der Waals surface area contributed by atoms with Gasteiger partial charge in [0.25, 0.3) is 0 Å². The summed E-state index contributed by atoms with van der Waals surface area (Å²) < 4.78 is 30.0. The number of carbonyl (C=O) groups excluding carboxylic acids is 4. The molecule has 0 bridgehead atoms. The average molecular weight is 498 g/mol. The summed E-state index contributed by atoms with van der Waals surface area (Å²) in [5.74, 6) is -0.869. The summed E-state index contributed by atoms with van der Waals surface area (Å²) in [6, 6.07) is 3.25. The van der Waals surface area contributed by atoms with Crippen LogP contribution in [0, 0.1) is 5.92 Å². The third kappa shape index (κ3) is 12.1. The van der Waals surface area contributed by atoms with E-state index in [1.54, 1.807) is 26.8 Å². The second-order valence-corrected chi connectivity index (χ2v) is 8.02. The SMILES string of the molecule is CCOC(=O)Oc1ccc(C[C@H](N)C(=O)O[C@@H](C)COC(=O)CCC(C)C)cc1OC(=O)OCC. The van der Waals surface area contributed by atoms with Crippen molar-refractivity contribution in [1.82, 2.24) is 0 Å². The van der Waals surface area contributed by atoms with E-state index >= 15 is 0 Å². The van der Waals surface area contributed by atoms with E-state index in [2.05, 4.69) is 0 Å². The van der Waals surface area contributed by atoms with Gasteiger partial charge in [0, 0.05) is 6.42 Å². The first-order valence-electron chi connectivity index (χ1n) is 11.5. The molecule has 0 fully saturated rings. The molecule has 0 saturated carbocycles. The van der Waals surface area contributed by atoms with Crippen LogP contribution in [0.5, 0.6) is 11.5 Å². The number of nitrogens with two attached hydrogens (primary N) is 1. The summed E-state index contributed by atoms with van der Waals surface area (Å²) in [4.78, 5) is 47.5. The van der Waals surface area contributed by atoms with Crippen molar-refractivity contribution in [2.45, 2.75) is 66.0 Å². The van der Waals surface area contributed by atoms with Crippen molar-refractivity contribution in [3.05, 3.63) is 23.8 Å². The molecule has 1 aromatic rings. The van der Waals surface area contributed by atoms with Gasteiger partial charge in [-0.05, 0) is 57.2 Å². The van der Waals surface area contributed by atoms with Crippen LogP contribution in [-0.4, -0.2) is 56.2 Å². The van der Waals surface area contributed by atoms with Crippen LogP contribution in [-0.2, 0) is 35.0 Å². The maximum Gasteiger partial charge on any atom is 0.513 e. The lowest BCUT2D eigenvalue weighted by Gasteiger charge is -2.18. The normalized spacial score (nSPS) is 12.3. The van der Waals surface area contributed by atoms with Gasteiger partial charge in [0.05, 0.1) is 13.2 Å². The highest BCUT2D eigenvalue weighted by Gasteiger charge is 2.22. The Hall–Kier alpha value is -3.34. The first-order chi connectivity index (χ1) is 16.5. The number of carbonyl (C=O) groups is 4. The number of benzene rings is 1. The fourth-order valence-electron chi connectivity index (χ4n) is 2.66. The van der Waals surface area contributed by atoms with E-state index in [-0.39, 0.29) is 43.7 Å². The molecule has 1 rings (SSSR count). The molecular formula is C24H35NO10. The topological polar surface area (TPSA) is 150 Å². The van der Waals surface area contributed by atoms with E-state index in [1.807, 2.05) is 13.8 Å². The standard InChI is InChI=1S/C24H35NO10/c1-6-30-23(28)34-19-10-9-17(13-20(19)35-24(29)31-7-2)12-18(25)22(27)33-16(5)14-32-21(26)11-8-15(3)4/h9-10,13,15-16,18H,6-8,11-12,14,25H2,1-5H3/t16-,18-/m0/s1. The number of esters is 2. The molecule has 0 aromatic heterocycles. The van der Waals surface area contributed by atoms with Gasteiger partial charge in [0.1, 0.15) is 18.8 Å². The van der Waals surface area contributed by atoms with Crippen LogP contribution in [0.15, 0.2) is 18.2 Å². The van der Waals surface area contributed by atoms with Crippen molar-refractivity contribution < 1.29 is 47.6 Å². The van der Waals surface area contributed by atoms with Gasteiger partial charge < -0.3 is 34.2 Å². The summed E-state index contributed by atoms with van der Waals surface area (Å²) in [7, 11) is 0. The molecule has 35 heavy (non-hydrogen) atoms. The lowest BCUT2D eigenvalue weighted by Crippen LogP contribution is -2.37. The molecule has 0 saturated heterocycles. The van der Waals surface area contributed by atoms with Gasteiger partial charge in [-0.3, -0.25) is 9.59 Å². The van der Waals surface area contributed by atoms with E-state index in [0.29, 0.717) is 24.3 Å². The lowest BCUT2D eigenvalue weighted by molar-refractivity contribution is -0.159. The van der Waals surface area contributed by atoms with Crippen molar-refractivity contribution in [2.24, 2.45) is 11.7 Å². The molecule has 11 nitrogen and oxygen atoms in total. The molecule has 0 amide bonds. The highest BCUT2D eigenvalue weighted by molar-refractivity contribution is 5.76. The van der Waals surface area contributed by atoms with Crippen LogP contribution in [0.2, 0.25) is 0 Å². The fraction of sp³-hybridized carbons (Fsp3) is 0.583. The molecule has 2 N–H and O–H groups in total. The largest absolute Gasteiger partial charge is 0.513 e. The third-order valence-electron chi connectivity index (χ3n) is 4.40. The van der Waals surface area contributed by atoms with Gasteiger partial charge in [0.15, 0.2) is 11.5 Å². The van der Waals surface area contributed by atoms with Crippen molar-refractivity contribution >= 4 is 24.2 Å². The van der Waals surface area contributed by atoms with Crippen LogP contribution in [0.1, 0.15) is 53.0 Å². The molecule has 2 atom stereocenters. The maximum atomic E-state index is 12.4. The van der Waals surface area contributed by atoms with Crippen LogP contribution in [0.4, 0.5) is 9.59 Å². The monoisotopic (exact) mass is 497 g/mol. The third-order valence-corrected chi connectivity index (χ3v) is 4.40. The fourth-order valence-corrected chi connectivity index (χ4v) is 2.66. The molecule has 1 aromatic carbocycles. The highest BCUT2D eigenvalue weighted by Crippen LogP contribution is 2.30. The van der Waals surface area contributed by atoms with Gasteiger partial charge >= 0.3 is 24.2 Å². The Morgan fingerprint density at radius 3 is 2.06 bits per heavy atom. The smallest absolute Gasteiger partial charge is 0.462 e. The molecule has 0 unspecified atom stereocenters. The van der Waals surface area contributed by atoms with E-state index in [0.717, 1.165) is 0 Å². The highest BCUT2D eigenvalue weighted by atomic mass is 16.7. The van der Waals surface area contributed by atoms with E-state index in [1.165, 1.54) is 12.1 Å². The summed E-state index contributed by atoms with van der Waals surface area (Å²) in [5.41, 5.74) is 6.47. The minimum absolute atomic E-state index is 0.0264. The van der Waals surface area contributed by atoms with Gasteiger partial charge in [-0.15, -0.1) is 0 Å². The Balaban J connectivity index is 2.75. The molecule has 0 heterocycles. The van der Waals surface area contributed by atoms with E-state index < -0.39 is 30.4 Å². The zero-order chi connectivity index (χ0) is 26.4. The van der Waals surface area contributed by atoms with Crippen LogP contribution in [0.25, 0.3) is 0 Å². The van der Waals surface area contributed by atoms with Crippen molar-refractivity contribution in [3.63, 3.8) is 0 Å². The minimum atomic E-state index is -1.05. The Kier molecular flexibility index (Phi) is 13.2. The summed E-state index contributed by atoms with van der Waals surface area (Å²) in [6.07, 6.45) is -1.63. The van der Waals surface area contributed by atoms with Crippen molar-refractivity contribution in [1.29, 1.82) is 0 Å². The quantitative estimate of drug-likeness (QED) is 0.242. The van der Waals surface area contributed by atoms with Crippen LogP contribution in [0.3, 0.4) is 0 Å². The Morgan fingerprint density at radius 1 is 0.886 bits per heavy atom. The first kappa shape index (κ1) is 29.7. The second kappa shape index (κ2) is 15.5. The predicted molar refractivity (Wildman–Crippen MR) is 124 cm³/mol. The number of hydrogen-bond acceptors (Lipinski definition) is 11. The minimum Gasteiger partial charge on any atom is -0.462 e. The summed E-state index contributed by atoms with van der Waals surface area (Å²) in [5, 5.41) is 0. The number of hydrogen-bond donors (Lipinski definition) is 1. The predicted octanol–water partition coefficient (Wildman–Crippen LogP) is 3.54. The Bertz CT molecular complexity index is 855. The average Bonchev–Trinajstić information content (AvgIpc) is 2.78. The molecule has 0 aliphatic heterocycles. The second-order valence-electron chi connectivity index (χ2n) is 8.02. The zero-order valence-electron chi connectivity index (χ0n) is 20.9. The van der Waals surface area contributed by atoms with Gasteiger partial charge in [-0.25, -0.2) is 9.59 Å². The van der Waals surface area contributed by atoms with Crippen molar-refractivity contribution in [2.75, 3.05) is 19.8 Å². The molecule has 0 spiro atoms. The first-order valence-corrected chi connectivity index (χ1v) is 11.5. The van der Waals surface area contributed by atoms with Crippen molar-refractivity contribution in [3.8, 4) is 11.5 Å². The Morgan fingerprint density at radius 2 is 1.49 bits per heavy atom. The van der Waals surface area contributed by atoms with Crippen LogP contribution < -0.4 is 15.2 Å². The molecule has 0 aliphatic carbocycles. The molecule has 196 valence electrons. The van der Waals surface area contributed by atoms with Gasteiger partial charge in [-0.2, -0.15) is 0 Å². The van der Waals surface area contributed by atoms with E-state index in [4.69, 9.17) is 34.2 Å². The zero-order valence-corrected chi connectivity index (χ0v) is 20.9. The molecule has 11 heteroatoms. The molecule has 0 aliphatic rings.